The van der Waals surface area contributed by atoms with Gasteiger partial charge < -0.3 is 20.3 Å². The minimum absolute atomic E-state index is 0.231. The Bertz CT molecular complexity index is 466. The van der Waals surface area contributed by atoms with Gasteiger partial charge in [-0.05, 0) is 0 Å². The zero-order chi connectivity index (χ0) is 11.3. The van der Waals surface area contributed by atoms with E-state index in [9.17, 15) is 5.11 Å². The van der Waals surface area contributed by atoms with E-state index in [4.69, 9.17) is 15.1 Å². The van der Waals surface area contributed by atoms with Crippen molar-refractivity contribution in [3.63, 3.8) is 0 Å². The van der Waals surface area contributed by atoms with Gasteiger partial charge in [0.2, 0.25) is 0 Å². The number of imidazole rings is 1. The van der Waals surface area contributed by atoms with Gasteiger partial charge in [0.15, 0.2) is 11.9 Å². The van der Waals surface area contributed by atoms with Crippen LogP contribution in [0.5, 0.6) is 0 Å². The van der Waals surface area contributed by atoms with Gasteiger partial charge in [-0.2, -0.15) is 5.26 Å². The maximum Gasteiger partial charge on any atom is 0.182 e. The van der Waals surface area contributed by atoms with Crippen molar-refractivity contribution in [2.45, 2.75) is 24.5 Å². The normalized spacial score (nSPS) is 35.3. The van der Waals surface area contributed by atoms with E-state index in [1.54, 1.807) is 4.57 Å². The summed E-state index contributed by atoms with van der Waals surface area (Å²) in [5.74, 6) is 0.563. The van der Waals surface area contributed by atoms with Crippen LogP contribution in [0, 0.1) is 11.3 Å². The number of aliphatic hydroxyl groups is 2. The molecule has 1 fully saturated rings. The molecule has 0 amide bonds. The molecule has 84 valence electrons. The second kappa shape index (κ2) is 3.18. The molecule has 16 heavy (non-hydrogen) atoms. The minimum atomic E-state index is -0.790. The number of ether oxygens (including phenoxy) is 1. The van der Waals surface area contributed by atoms with E-state index in [-0.39, 0.29) is 18.3 Å². The van der Waals surface area contributed by atoms with Crippen LogP contribution in [0.1, 0.15) is 11.9 Å². The summed E-state index contributed by atoms with van der Waals surface area (Å²) >= 11 is 0. The molecule has 0 aliphatic carbocycles. The van der Waals surface area contributed by atoms with Crippen LogP contribution in [0.3, 0.4) is 0 Å². The van der Waals surface area contributed by atoms with Gasteiger partial charge in [-0.25, -0.2) is 4.98 Å². The summed E-state index contributed by atoms with van der Waals surface area (Å²) in [5.41, 5.74) is 0.283. The van der Waals surface area contributed by atoms with Gasteiger partial charge in [0.05, 0.1) is 6.61 Å². The second-order valence-corrected chi connectivity index (χ2v) is 3.87. The van der Waals surface area contributed by atoms with Crippen LogP contribution in [0.2, 0.25) is 0 Å². The highest BCUT2D eigenvalue weighted by Crippen LogP contribution is 2.39. The van der Waals surface area contributed by atoms with Gasteiger partial charge in [0.1, 0.15) is 36.5 Å². The molecule has 1 saturated heterocycles. The number of fused-ring (bicyclic) bond motifs is 3. The highest BCUT2D eigenvalue weighted by atomic mass is 16.5. The van der Waals surface area contributed by atoms with Crippen LogP contribution in [0.4, 0.5) is 5.82 Å². The molecule has 3 heterocycles. The van der Waals surface area contributed by atoms with Gasteiger partial charge in [0.25, 0.3) is 0 Å². The quantitative estimate of drug-likeness (QED) is 0.551. The molecule has 3 rings (SSSR count). The third kappa shape index (κ3) is 1.03. The summed E-state index contributed by atoms with van der Waals surface area (Å²) in [4.78, 5) is 3.91. The zero-order valence-electron chi connectivity index (χ0n) is 8.24. The van der Waals surface area contributed by atoms with E-state index < -0.39 is 18.4 Å². The van der Waals surface area contributed by atoms with Crippen LogP contribution >= 0.6 is 0 Å². The molecule has 0 aromatic carbocycles. The summed E-state index contributed by atoms with van der Waals surface area (Å²) < 4.78 is 7.15. The van der Waals surface area contributed by atoms with E-state index in [2.05, 4.69) is 10.3 Å². The summed E-state index contributed by atoms with van der Waals surface area (Å²) in [7, 11) is 0. The summed E-state index contributed by atoms with van der Waals surface area (Å²) in [5, 5.41) is 30.7. The van der Waals surface area contributed by atoms with E-state index in [0.29, 0.717) is 5.82 Å². The Morgan fingerprint density at radius 3 is 3.19 bits per heavy atom. The number of nitrogens with one attached hydrogen (secondary N) is 1. The minimum Gasteiger partial charge on any atom is -0.394 e. The molecular formula is C9H10N4O3. The number of aliphatic hydroxyl groups excluding tert-OH is 2. The standard InChI is InChI=1S/C9H10N4O3/c10-1-4-8-12-6-7(15)5(2-14)16-9(6)13(8)3-11-4/h3,5-7,9,12,14-15H,2H2/t5-,6+,7-,9-/m1/s1. The average Bonchev–Trinajstić information content (AvgIpc) is 2.90. The fourth-order valence-electron chi connectivity index (χ4n) is 2.23. The predicted octanol–water partition coefficient (Wildman–Crippen LogP) is -1.20. The molecule has 3 N–H and O–H groups in total. The van der Waals surface area contributed by atoms with Gasteiger partial charge in [0, 0.05) is 0 Å². The van der Waals surface area contributed by atoms with Crippen molar-refractivity contribution in [3.8, 4) is 6.07 Å². The molecule has 1 aromatic rings. The number of hydrogen-bond acceptors (Lipinski definition) is 6. The lowest BCUT2D eigenvalue weighted by atomic mass is 10.1. The van der Waals surface area contributed by atoms with Gasteiger partial charge in [-0.3, -0.25) is 4.57 Å². The lowest BCUT2D eigenvalue weighted by Gasteiger charge is -2.14. The van der Waals surface area contributed by atoms with Crippen molar-refractivity contribution < 1.29 is 14.9 Å². The first kappa shape index (κ1) is 9.59. The van der Waals surface area contributed by atoms with E-state index in [1.165, 1.54) is 6.33 Å². The largest absolute Gasteiger partial charge is 0.394 e. The Hall–Kier alpha value is -1.62. The van der Waals surface area contributed by atoms with Crippen molar-refractivity contribution in [3.05, 3.63) is 12.0 Å². The van der Waals surface area contributed by atoms with Crippen molar-refractivity contribution in [1.82, 2.24) is 9.55 Å². The molecule has 0 unspecified atom stereocenters. The third-order valence-corrected chi connectivity index (χ3v) is 3.03. The predicted molar refractivity (Wildman–Crippen MR) is 51.4 cm³/mol. The Morgan fingerprint density at radius 1 is 1.69 bits per heavy atom. The van der Waals surface area contributed by atoms with E-state index >= 15 is 0 Å². The molecule has 0 bridgehead atoms. The number of aromatic nitrogens is 2. The number of nitrogens with zero attached hydrogens (tertiary/aromatic N) is 3. The number of anilines is 1. The Kier molecular flexibility index (Phi) is 1.91. The first-order chi connectivity index (χ1) is 7.76. The molecule has 2 aliphatic rings. The molecule has 0 spiro atoms. The van der Waals surface area contributed by atoms with Crippen LogP contribution in [-0.2, 0) is 4.74 Å². The van der Waals surface area contributed by atoms with Crippen LogP contribution in [-0.4, -0.2) is 44.6 Å². The van der Waals surface area contributed by atoms with Crippen molar-refractivity contribution in [2.75, 3.05) is 11.9 Å². The first-order valence-corrected chi connectivity index (χ1v) is 4.94. The monoisotopic (exact) mass is 222 g/mol. The van der Waals surface area contributed by atoms with Gasteiger partial charge in [-0.15, -0.1) is 0 Å². The lowest BCUT2D eigenvalue weighted by molar-refractivity contribution is -0.0428. The molecular weight excluding hydrogens is 212 g/mol. The number of rotatable bonds is 1. The summed E-state index contributed by atoms with van der Waals surface area (Å²) in [6, 6.07) is 1.62. The number of nitriles is 1. The topological polar surface area (TPSA) is 103 Å². The van der Waals surface area contributed by atoms with Crippen LogP contribution in [0.25, 0.3) is 0 Å². The third-order valence-electron chi connectivity index (χ3n) is 3.03. The van der Waals surface area contributed by atoms with E-state index in [1.807, 2.05) is 6.07 Å². The molecule has 2 aliphatic heterocycles. The highest BCUT2D eigenvalue weighted by Gasteiger charge is 2.49. The average molecular weight is 222 g/mol. The SMILES string of the molecule is N#Cc1ncn2c1N[C@H]1[C@H](O)[C@@H](CO)O[C@H]12. The summed E-state index contributed by atoms with van der Waals surface area (Å²) in [6.07, 6.45) is -0.292. The van der Waals surface area contributed by atoms with Crippen LogP contribution in [0.15, 0.2) is 6.33 Å². The smallest absolute Gasteiger partial charge is 0.182 e. The van der Waals surface area contributed by atoms with Crippen molar-refractivity contribution >= 4 is 5.82 Å². The fraction of sp³-hybridized carbons (Fsp3) is 0.556. The van der Waals surface area contributed by atoms with Crippen molar-refractivity contribution in [2.24, 2.45) is 0 Å². The summed E-state index contributed by atoms with van der Waals surface area (Å²) in [6.45, 7) is -0.231. The molecule has 7 nitrogen and oxygen atoms in total. The number of hydrogen-bond donors (Lipinski definition) is 3. The Morgan fingerprint density at radius 2 is 2.50 bits per heavy atom. The molecule has 7 heteroatoms. The van der Waals surface area contributed by atoms with E-state index in [0.717, 1.165) is 0 Å². The van der Waals surface area contributed by atoms with Crippen molar-refractivity contribution in [1.29, 1.82) is 5.26 Å². The zero-order valence-corrected chi connectivity index (χ0v) is 8.24. The lowest BCUT2D eigenvalue weighted by Crippen LogP contribution is -2.36. The molecule has 0 saturated carbocycles. The first-order valence-electron chi connectivity index (χ1n) is 4.94. The van der Waals surface area contributed by atoms with Gasteiger partial charge in [-0.1, -0.05) is 0 Å². The molecule has 0 radical (unpaired) electrons. The Balaban J connectivity index is 1.97. The Labute approximate surface area is 90.9 Å². The fourth-order valence-corrected chi connectivity index (χ4v) is 2.23. The highest BCUT2D eigenvalue weighted by molar-refractivity contribution is 5.53. The molecule has 1 aromatic heterocycles. The maximum absolute atomic E-state index is 9.85. The van der Waals surface area contributed by atoms with Crippen LogP contribution < -0.4 is 5.32 Å². The van der Waals surface area contributed by atoms with Gasteiger partial charge >= 0.3 is 0 Å². The second-order valence-electron chi connectivity index (χ2n) is 3.87. The maximum atomic E-state index is 9.85. The molecule has 4 atom stereocenters.